The van der Waals surface area contributed by atoms with Crippen molar-refractivity contribution in [1.82, 2.24) is 10.2 Å². The maximum atomic E-state index is 12.6. The highest BCUT2D eigenvalue weighted by atomic mass is 79.9. The minimum atomic E-state index is -0.335. The molecule has 0 spiro atoms. The summed E-state index contributed by atoms with van der Waals surface area (Å²) in [6.07, 6.45) is 4.54. The minimum Gasteiger partial charge on any atom is -0.492 e. The second-order valence-corrected chi connectivity index (χ2v) is 8.78. The van der Waals surface area contributed by atoms with Crippen LogP contribution in [0.1, 0.15) is 67.2 Å². The van der Waals surface area contributed by atoms with Crippen LogP contribution in [0.3, 0.4) is 0 Å². The SMILES string of the molecule is CCCCCCOc1ccc(C(=O)NC(=S)Nc2cccc(C(=O)N(CC)CC)c2)cc1Br. The van der Waals surface area contributed by atoms with E-state index in [1.807, 2.05) is 13.8 Å². The van der Waals surface area contributed by atoms with Crippen LogP contribution in [0.5, 0.6) is 5.75 Å². The predicted molar refractivity (Wildman–Crippen MR) is 141 cm³/mol. The van der Waals surface area contributed by atoms with Gasteiger partial charge in [0.15, 0.2) is 5.11 Å². The van der Waals surface area contributed by atoms with Gasteiger partial charge in [-0.1, -0.05) is 32.3 Å². The minimum absolute atomic E-state index is 0.0453. The van der Waals surface area contributed by atoms with E-state index in [1.165, 1.54) is 12.8 Å². The monoisotopic (exact) mass is 533 g/mol. The first-order valence-electron chi connectivity index (χ1n) is 11.3. The summed E-state index contributed by atoms with van der Waals surface area (Å²) in [5, 5.41) is 5.80. The number of hydrogen-bond donors (Lipinski definition) is 2. The molecule has 8 heteroatoms. The number of amides is 2. The van der Waals surface area contributed by atoms with Crippen LogP contribution in [-0.2, 0) is 0 Å². The number of carbonyl (C=O) groups excluding carboxylic acids is 2. The van der Waals surface area contributed by atoms with E-state index in [1.54, 1.807) is 47.4 Å². The molecular weight excluding hydrogens is 502 g/mol. The molecule has 0 fully saturated rings. The number of hydrogen-bond acceptors (Lipinski definition) is 4. The quantitative estimate of drug-likeness (QED) is 0.273. The fourth-order valence-corrected chi connectivity index (χ4v) is 3.93. The van der Waals surface area contributed by atoms with Crippen LogP contribution in [-0.4, -0.2) is 41.5 Å². The van der Waals surface area contributed by atoms with Crippen LogP contribution in [0.15, 0.2) is 46.9 Å². The van der Waals surface area contributed by atoms with Crippen LogP contribution >= 0.6 is 28.1 Å². The number of carbonyl (C=O) groups is 2. The first-order valence-corrected chi connectivity index (χ1v) is 12.5. The average Bonchev–Trinajstić information content (AvgIpc) is 2.80. The summed E-state index contributed by atoms with van der Waals surface area (Å²) in [4.78, 5) is 26.9. The molecule has 0 aliphatic carbocycles. The van der Waals surface area contributed by atoms with E-state index in [9.17, 15) is 9.59 Å². The van der Waals surface area contributed by atoms with Gasteiger partial charge >= 0.3 is 0 Å². The summed E-state index contributed by atoms with van der Waals surface area (Å²) in [5.41, 5.74) is 1.65. The molecule has 0 aromatic heterocycles. The number of anilines is 1. The van der Waals surface area contributed by atoms with Crippen molar-refractivity contribution < 1.29 is 14.3 Å². The molecule has 2 aromatic rings. The molecule has 0 atom stereocenters. The summed E-state index contributed by atoms with van der Waals surface area (Å²) in [7, 11) is 0. The van der Waals surface area contributed by atoms with Gasteiger partial charge in [0.1, 0.15) is 5.75 Å². The van der Waals surface area contributed by atoms with E-state index < -0.39 is 0 Å². The maximum absolute atomic E-state index is 12.6. The molecule has 0 aliphatic heterocycles. The van der Waals surface area contributed by atoms with Crippen molar-refractivity contribution >= 4 is 50.8 Å². The van der Waals surface area contributed by atoms with E-state index in [4.69, 9.17) is 17.0 Å². The van der Waals surface area contributed by atoms with Gasteiger partial charge in [0.2, 0.25) is 0 Å². The average molecular weight is 535 g/mol. The fraction of sp³-hybridized carbons (Fsp3) is 0.400. The number of unbranched alkanes of at least 4 members (excludes halogenated alkanes) is 3. The van der Waals surface area contributed by atoms with Crippen molar-refractivity contribution in [2.24, 2.45) is 0 Å². The van der Waals surface area contributed by atoms with Gasteiger partial charge < -0.3 is 15.0 Å². The summed E-state index contributed by atoms with van der Waals surface area (Å²) in [5.74, 6) is 0.327. The van der Waals surface area contributed by atoms with E-state index >= 15 is 0 Å². The first-order chi connectivity index (χ1) is 15.9. The topological polar surface area (TPSA) is 70.7 Å². The van der Waals surface area contributed by atoms with Crippen molar-refractivity contribution in [3.05, 3.63) is 58.1 Å². The maximum Gasteiger partial charge on any atom is 0.257 e. The van der Waals surface area contributed by atoms with Gasteiger partial charge in [-0.05, 0) is 84.8 Å². The lowest BCUT2D eigenvalue weighted by atomic mass is 10.1. The van der Waals surface area contributed by atoms with Gasteiger partial charge in [-0.25, -0.2) is 0 Å². The highest BCUT2D eigenvalue weighted by Gasteiger charge is 2.14. The van der Waals surface area contributed by atoms with Crippen molar-refractivity contribution in [2.45, 2.75) is 46.5 Å². The second kappa shape index (κ2) is 14.0. The standard InChI is InChI=1S/C25H32BrN3O3S/c1-4-7-8-9-15-32-22-14-13-18(17-21(22)26)23(30)28-25(33)27-20-12-10-11-19(16-20)24(31)29(5-2)6-3/h10-14,16-17H,4-9,15H2,1-3H3,(H2,27,28,30,33). The molecule has 2 rings (SSSR count). The number of thiocarbonyl (C=S) groups is 1. The molecule has 178 valence electrons. The van der Waals surface area contributed by atoms with Crippen molar-refractivity contribution in [3.8, 4) is 5.75 Å². The van der Waals surface area contributed by atoms with Crippen LogP contribution in [0.2, 0.25) is 0 Å². The molecule has 2 N–H and O–H groups in total. The molecule has 2 amide bonds. The predicted octanol–water partition coefficient (Wildman–Crippen LogP) is 6.02. The van der Waals surface area contributed by atoms with Gasteiger partial charge in [-0.2, -0.15) is 0 Å². The van der Waals surface area contributed by atoms with Gasteiger partial charge in [0, 0.05) is 29.9 Å². The Kier molecular flexibility index (Phi) is 11.3. The van der Waals surface area contributed by atoms with E-state index in [2.05, 4.69) is 33.5 Å². The number of rotatable bonds is 11. The molecule has 33 heavy (non-hydrogen) atoms. The Morgan fingerprint density at radius 1 is 1.00 bits per heavy atom. The largest absolute Gasteiger partial charge is 0.492 e. The second-order valence-electron chi connectivity index (χ2n) is 7.52. The molecule has 0 saturated carbocycles. The summed E-state index contributed by atoms with van der Waals surface area (Å²) in [6.45, 7) is 7.98. The van der Waals surface area contributed by atoms with Gasteiger partial charge in [-0.3, -0.25) is 14.9 Å². The Morgan fingerprint density at radius 3 is 2.42 bits per heavy atom. The number of ether oxygens (including phenoxy) is 1. The highest BCUT2D eigenvalue weighted by Crippen LogP contribution is 2.26. The van der Waals surface area contributed by atoms with E-state index in [0.29, 0.717) is 46.7 Å². The third kappa shape index (κ3) is 8.44. The molecule has 6 nitrogen and oxygen atoms in total. The molecular formula is C25H32BrN3O3S. The third-order valence-electron chi connectivity index (χ3n) is 5.09. The normalized spacial score (nSPS) is 10.4. The Hall–Kier alpha value is -2.45. The highest BCUT2D eigenvalue weighted by molar-refractivity contribution is 9.10. The number of nitrogens with zero attached hydrogens (tertiary/aromatic N) is 1. The van der Waals surface area contributed by atoms with Crippen LogP contribution in [0, 0.1) is 0 Å². The Balaban J connectivity index is 1.94. The smallest absolute Gasteiger partial charge is 0.257 e. The molecule has 0 saturated heterocycles. The molecule has 0 bridgehead atoms. The lowest BCUT2D eigenvalue weighted by Crippen LogP contribution is -2.34. The van der Waals surface area contributed by atoms with E-state index in [-0.39, 0.29) is 16.9 Å². The summed E-state index contributed by atoms with van der Waals surface area (Å²) < 4.78 is 6.51. The zero-order valence-corrected chi connectivity index (χ0v) is 21.9. The van der Waals surface area contributed by atoms with Crippen molar-refractivity contribution in [3.63, 3.8) is 0 Å². The third-order valence-corrected chi connectivity index (χ3v) is 5.92. The van der Waals surface area contributed by atoms with Gasteiger partial charge in [-0.15, -0.1) is 0 Å². The lowest BCUT2D eigenvalue weighted by molar-refractivity contribution is 0.0772. The molecule has 2 aromatic carbocycles. The molecule has 0 heterocycles. The van der Waals surface area contributed by atoms with Crippen molar-refractivity contribution in [1.29, 1.82) is 0 Å². The molecule has 0 unspecified atom stereocenters. The zero-order chi connectivity index (χ0) is 24.2. The summed E-state index contributed by atoms with van der Waals surface area (Å²) in [6, 6.07) is 12.2. The fourth-order valence-electron chi connectivity index (χ4n) is 3.23. The first kappa shape index (κ1) is 26.8. The number of benzene rings is 2. The van der Waals surface area contributed by atoms with E-state index in [0.717, 1.165) is 12.8 Å². The Bertz CT molecular complexity index is 964. The summed E-state index contributed by atoms with van der Waals surface area (Å²) >= 11 is 8.77. The van der Waals surface area contributed by atoms with Gasteiger partial charge in [0.05, 0.1) is 11.1 Å². The van der Waals surface area contributed by atoms with Gasteiger partial charge in [0.25, 0.3) is 11.8 Å². The van der Waals surface area contributed by atoms with Crippen molar-refractivity contribution in [2.75, 3.05) is 25.0 Å². The van der Waals surface area contributed by atoms with Crippen LogP contribution < -0.4 is 15.4 Å². The number of nitrogens with one attached hydrogen (secondary N) is 2. The lowest BCUT2D eigenvalue weighted by Gasteiger charge is -2.19. The molecule has 0 aliphatic rings. The zero-order valence-electron chi connectivity index (χ0n) is 19.4. The van der Waals surface area contributed by atoms with Crippen LogP contribution in [0.4, 0.5) is 5.69 Å². The Labute approximate surface area is 210 Å². The van der Waals surface area contributed by atoms with Crippen LogP contribution in [0.25, 0.3) is 0 Å². The number of halogens is 1. The molecule has 0 radical (unpaired) electrons. The Morgan fingerprint density at radius 2 is 1.76 bits per heavy atom.